The Morgan fingerprint density at radius 3 is 2.60 bits per heavy atom. The second-order valence-electron chi connectivity index (χ2n) is 1.86. The van der Waals surface area contributed by atoms with Gasteiger partial charge in [-0.15, -0.1) is 0 Å². The lowest BCUT2D eigenvalue weighted by atomic mass is 10.3. The molecule has 1 aromatic rings. The molecule has 4 N–H and O–H groups in total. The van der Waals surface area contributed by atoms with Crippen LogP contribution in [0.1, 0.15) is 10.5 Å². The topological polar surface area (TPSA) is 73.0 Å². The molecule has 0 radical (unpaired) electrons. The molecule has 0 aliphatic heterocycles. The minimum absolute atomic E-state index is 0.294. The van der Waals surface area contributed by atoms with E-state index >= 15 is 0 Å². The third-order valence-electron chi connectivity index (χ3n) is 1.14. The van der Waals surface area contributed by atoms with Gasteiger partial charge in [0.1, 0.15) is 0 Å². The van der Waals surface area contributed by atoms with Crippen molar-refractivity contribution < 1.29 is 9.47 Å². The summed E-state index contributed by atoms with van der Waals surface area (Å²) in [5, 5.41) is 0. The van der Waals surface area contributed by atoms with Crippen LogP contribution in [0.4, 0.5) is 0 Å². The molecule has 0 aromatic carbocycles. The number of carbonyl (C=O) groups is 1. The van der Waals surface area contributed by atoms with E-state index in [0.29, 0.717) is 5.69 Å². The van der Waals surface area contributed by atoms with Crippen molar-refractivity contribution >= 4 is 5.91 Å². The zero-order chi connectivity index (χ0) is 7.56. The molecular formula is C6H8N3O+. The van der Waals surface area contributed by atoms with E-state index in [0.717, 1.165) is 0 Å². The van der Waals surface area contributed by atoms with E-state index in [1.807, 2.05) is 0 Å². The predicted octanol–water partition coefficient (Wildman–Crippen LogP) is -1.21. The molecule has 0 aliphatic rings. The third-order valence-corrected chi connectivity index (χ3v) is 1.14. The number of nitrogen functional groups attached to an aromatic ring is 1. The second-order valence-corrected chi connectivity index (χ2v) is 1.86. The number of hydrogen-bond acceptors (Lipinski definition) is 2. The number of nitrogens with two attached hydrogens (primary N) is 2. The maximum atomic E-state index is 10.5. The molecule has 52 valence electrons. The molecule has 1 rings (SSSR count). The van der Waals surface area contributed by atoms with Gasteiger partial charge in [-0.25, -0.2) is 5.84 Å². The van der Waals surface area contributed by atoms with Gasteiger partial charge in [0.2, 0.25) is 0 Å². The molecule has 1 heterocycles. The van der Waals surface area contributed by atoms with Gasteiger partial charge < -0.3 is 5.73 Å². The molecule has 4 heteroatoms. The molecule has 0 aliphatic carbocycles. The van der Waals surface area contributed by atoms with Crippen LogP contribution in [0.2, 0.25) is 0 Å². The van der Waals surface area contributed by atoms with Gasteiger partial charge in [-0.1, -0.05) is 4.68 Å². The van der Waals surface area contributed by atoms with E-state index in [2.05, 4.69) is 0 Å². The van der Waals surface area contributed by atoms with Crippen LogP contribution in [0.3, 0.4) is 0 Å². The average molecular weight is 138 g/mol. The van der Waals surface area contributed by atoms with Crippen LogP contribution >= 0.6 is 0 Å². The van der Waals surface area contributed by atoms with Crippen molar-refractivity contribution in [1.82, 2.24) is 0 Å². The van der Waals surface area contributed by atoms with Crippen LogP contribution in [-0.2, 0) is 0 Å². The molecule has 0 spiro atoms. The van der Waals surface area contributed by atoms with E-state index in [1.165, 1.54) is 4.68 Å². The van der Waals surface area contributed by atoms with Crippen molar-refractivity contribution in [2.45, 2.75) is 0 Å². The van der Waals surface area contributed by atoms with Crippen LogP contribution in [-0.4, -0.2) is 5.91 Å². The Labute approximate surface area is 58.0 Å². The zero-order valence-electron chi connectivity index (χ0n) is 5.32. The van der Waals surface area contributed by atoms with Gasteiger partial charge in [0, 0.05) is 12.1 Å². The summed E-state index contributed by atoms with van der Waals surface area (Å²) in [5.41, 5.74) is 5.27. The average Bonchev–Trinajstić information content (AvgIpc) is 1.88. The third kappa shape index (κ3) is 1.05. The molecule has 0 saturated carbocycles. The Hall–Kier alpha value is -1.58. The van der Waals surface area contributed by atoms with Crippen LogP contribution in [0.25, 0.3) is 0 Å². The SMILES string of the molecule is NC(=O)c1cccc[n+]1N. The smallest absolute Gasteiger partial charge is 0.316 e. The first-order valence-electron chi connectivity index (χ1n) is 2.77. The Bertz CT molecular complexity index is 259. The highest BCUT2D eigenvalue weighted by Gasteiger charge is 2.11. The van der Waals surface area contributed by atoms with Crippen molar-refractivity contribution in [1.29, 1.82) is 0 Å². The Balaban J connectivity index is 3.15. The molecule has 1 aromatic heterocycles. The van der Waals surface area contributed by atoms with E-state index in [1.54, 1.807) is 24.4 Å². The van der Waals surface area contributed by atoms with Gasteiger partial charge in [0.05, 0.1) is 0 Å². The van der Waals surface area contributed by atoms with Crippen molar-refractivity contribution in [3.05, 3.63) is 30.1 Å². The fourth-order valence-electron chi connectivity index (χ4n) is 0.665. The summed E-state index contributed by atoms with van der Waals surface area (Å²) in [7, 11) is 0. The first kappa shape index (κ1) is 6.54. The van der Waals surface area contributed by atoms with Crippen molar-refractivity contribution in [2.24, 2.45) is 5.73 Å². The van der Waals surface area contributed by atoms with E-state index < -0.39 is 5.91 Å². The fraction of sp³-hybridized carbons (Fsp3) is 0. The van der Waals surface area contributed by atoms with Crippen LogP contribution in [0, 0.1) is 0 Å². The minimum Gasteiger partial charge on any atom is -0.360 e. The number of hydrogen-bond donors (Lipinski definition) is 2. The summed E-state index contributed by atoms with van der Waals surface area (Å²) < 4.78 is 1.18. The van der Waals surface area contributed by atoms with Gasteiger partial charge in [-0.2, -0.15) is 0 Å². The highest BCUT2D eigenvalue weighted by Crippen LogP contribution is 1.85. The highest BCUT2D eigenvalue weighted by atomic mass is 16.1. The number of nitrogens with zero attached hydrogens (tertiary/aromatic N) is 1. The molecule has 0 saturated heterocycles. The van der Waals surface area contributed by atoms with E-state index in [4.69, 9.17) is 11.6 Å². The lowest BCUT2D eigenvalue weighted by Gasteiger charge is -1.89. The Kier molecular flexibility index (Phi) is 1.53. The highest BCUT2D eigenvalue weighted by molar-refractivity contribution is 5.89. The molecule has 4 nitrogen and oxygen atoms in total. The lowest BCUT2D eigenvalue weighted by molar-refractivity contribution is -0.641. The van der Waals surface area contributed by atoms with Gasteiger partial charge in [0.15, 0.2) is 6.20 Å². The number of aromatic nitrogens is 1. The maximum Gasteiger partial charge on any atom is 0.316 e. The van der Waals surface area contributed by atoms with Gasteiger partial charge in [0.25, 0.3) is 5.69 Å². The summed E-state index contributed by atoms with van der Waals surface area (Å²) in [6.45, 7) is 0. The molecule has 0 fully saturated rings. The number of carbonyl (C=O) groups excluding carboxylic acids is 1. The number of rotatable bonds is 1. The quantitative estimate of drug-likeness (QED) is 0.377. The van der Waals surface area contributed by atoms with Gasteiger partial charge in [-0.05, 0) is 6.07 Å². The minimum atomic E-state index is -0.525. The van der Waals surface area contributed by atoms with Crippen LogP contribution in [0.15, 0.2) is 24.4 Å². The second kappa shape index (κ2) is 2.34. The van der Waals surface area contributed by atoms with E-state index in [9.17, 15) is 4.79 Å². The number of primary amides is 1. The largest absolute Gasteiger partial charge is 0.360 e. The first-order chi connectivity index (χ1) is 4.72. The monoisotopic (exact) mass is 138 g/mol. The molecular weight excluding hydrogens is 130 g/mol. The van der Waals surface area contributed by atoms with Gasteiger partial charge >= 0.3 is 5.91 Å². The molecule has 10 heavy (non-hydrogen) atoms. The first-order valence-corrected chi connectivity index (χ1v) is 2.77. The lowest BCUT2D eigenvalue weighted by Crippen LogP contribution is -2.50. The summed E-state index contributed by atoms with van der Waals surface area (Å²) in [4.78, 5) is 10.5. The summed E-state index contributed by atoms with van der Waals surface area (Å²) in [6.07, 6.45) is 1.56. The Morgan fingerprint density at radius 2 is 2.20 bits per heavy atom. The number of pyridine rings is 1. The van der Waals surface area contributed by atoms with Crippen LogP contribution < -0.4 is 16.3 Å². The molecule has 0 bridgehead atoms. The molecule has 0 atom stereocenters. The molecule has 1 amide bonds. The van der Waals surface area contributed by atoms with Crippen molar-refractivity contribution in [2.75, 3.05) is 5.84 Å². The normalized spacial score (nSPS) is 9.20. The standard InChI is InChI=1S/C6H7N3O/c7-6(10)5-3-1-2-4-9(5)8/h1-4H,(H3-,7,8,10)/p+1. The summed E-state index contributed by atoms with van der Waals surface area (Å²) >= 11 is 0. The fourth-order valence-corrected chi connectivity index (χ4v) is 0.665. The molecule has 0 unspecified atom stereocenters. The van der Waals surface area contributed by atoms with Crippen LogP contribution in [0.5, 0.6) is 0 Å². The van der Waals surface area contributed by atoms with Crippen molar-refractivity contribution in [3.8, 4) is 0 Å². The van der Waals surface area contributed by atoms with E-state index in [-0.39, 0.29) is 0 Å². The van der Waals surface area contributed by atoms with Crippen molar-refractivity contribution in [3.63, 3.8) is 0 Å². The maximum absolute atomic E-state index is 10.5. The zero-order valence-corrected chi connectivity index (χ0v) is 5.32. The predicted molar refractivity (Wildman–Crippen MR) is 35.3 cm³/mol. The Morgan fingerprint density at radius 1 is 1.50 bits per heavy atom. The number of amides is 1. The summed E-state index contributed by atoms with van der Waals surface area (Å²) in [5.74, 6) is 4.81. The van der Waals surface area contributed by atoms with Gasteiger partial charge in [-0.3, -0.25) is 4.79 Å². The summed E-state index contributed by atoms with van der Waals surface area (Å²) in [6, 6.07) is 4.97.